The van der Waals surface area contributed by atoms with Crippen molar-refractivity contribution in [2.75, 3.05) is 0 Å². The monoisotopic (exact) mass is 230 g/mol. The van der Waals surface area contributed by atoms with E-state index >= 15 is 0 Å². The minimum atomic E-state index is -1.87. The maximum absolute atomic E-state index is 11.3. The number of hydrogen-bond donors (Lipinski definition) is 2. The molecule has 0 aliphatic carbocycles. The molecular weight excluding hydrogens is 215 g/mol. The Morgan fingerprint density at radius 1 is 1.06 bits per heavy atom. The summed E-state index contributed by atoms with van der Waals surface area (Å²) in [5, 5.41) is 18.5. The van der Waals surface area contributed by atoms with Crippen LogP contribution in [0.2, 0.25) is 0 Å². The standard InChI is InChI=1S/C12H14O4.Li.H/c1-8(2)12(10(13)14,11(15)16)9-6-4-3-5-7-9;;/h3-8H,1-2H3,(H,13,14)(H,15,16);;. The fraction of sp³-hybridized carbons (Fsp3) is 0.333. The van der Waals surface area contributed by atoms with Crippen LogP contribution in [-0.2, 0) is 15.0 Å². The Kier molecular flexibility index (Phi) is 5.47. The molecule has 0 aromatic heterocycles. The summed E-state index contributed by atoms with van der Waals surface area (Å²) >= 11 is 0. The summed E-state index contributed by atoms with van der Waals surface area (Å²) in [5.41, 5.74) is -1.58. The summed E-state index contributed by atoms with van der Waals surface area (Å²) in [4.78, 5) is 22.6. The molecular formula is C12H15LiO4. The number of benzene rings is 1. The van der Waals surface area contributed by atoms with Gasteiger partial charge in [-0.3, -0.25) is 9.59 Å². The fourth-order valence-electron chi connectivity index (χ4n) is 1.87. The van der Waals surface area contributed by atoms with Crippen LogP contribution in [0.3, 0.4) is 0 Å². The molecule has 4 nitrogen and oxygen atoms in total. The van der Waals surface area contributed by atoms with E-state index in [0.717, 1.165) is 0 Å². The Labute approximate surface area is 112 Å². The van der Waals surface area contributed by atoms with Crippen molar-refractivity contribution in [2.24, 2.45) is 5.92 Å². The normalized spacial score (nSPS) is 10.8. The molecule has 1 aromatic rings. The van der Waals surface area contributed by atoms with Crippen molar-refractivity contribution < 1.29 is 19.8 Å². The van der Waals surface area contributed by atoms with Crippen molar-refractivity contribution >= 4 is 30.8 Å². The van der Waals surface area contributed by atoms with Gasteiger partial charge in [0.1, 0.15) is 0 Å². The molecule has 1 rings (SSSR count). The third kappa shape index (κ3) is 2.54. The van der Waals surface area contributed by atoms with Gasteiger partial charge in [0.2, 0.25) is 0 Å². The summed E-state index contributed by atoms with van der Waals surface area (Å²) in [7, 11) is 0. The molecule has 0 saturated heterocycles. The van der Waals surface area contributed by atoms with Crippen LogP contribution in [0.1, 0.15) is 19.4 Å². The molecule has 2 N–H and O–H groups in total. The van der Waals surface area contributed by atoms with Crippen LogP contribution in [0, 0.1) is 5.92 Å². The van der Waals surface area contributed by atoms with Crippen LogP contribution in [0.15, 0.2) is 30.3 Å². The Morgan fingerprint density at radius 3 is 1.76 bits per heavy atom. The number of carbonyl (C=O) groups is 2. The Hall–Kier alpha value is -1.24. The zero-order valence-corrected chi connectivity index (χ0v) is 9.18. The third-order valence-electron chi connectivity index (χ3n) is 2.77. The van der Waals surface area contributed by atoms with Gasteiger partial charge in [-0.15, -0.1) is 0 Å². The third-order valence-corrected chi connectivity index (χ3v) is 2.77. The molecule has 0 atom stereocenters. The van der Waals surface area contributed by atoms with Gasteiger partial charge in [-0.05, 0) is 11.5 Å². The molecule has 0 saturated carbocycles. The molecule has 17 heavy (non-hydrogen) atoms. The topological polar surface area (TPSA) is 74.6 Å². The van der Waals surface area contributed by atoms with Crippen molar-refractivity contribution in [3.05, 3.63) is 35.9 Å². The van der Waals surface area contributed by atoms with Crippen LogP contribution >= 0.6 is 0 Å². The first-order chi connectivity index (χ1) is 7.44. The summed E-state index contributed by atoms with van der Waals surface area (Å²) in [6.45, 7) is 3.18. The fourth-order valence-corrected chi connectivity index (χ4v) is 1.87. The first-order valence-electron chi connectivity index (χ1n) is 4.96. The van der Waals surface area contributed by atoms with Gasteiger partial charge < -0.3 is 10.2 Å². The number of carboxylic acids is 2. The van der Waals surface area contributed by atoms with Gasteiger partial charge in [0.15, 0.2) is 5.41 Å². The molecule has 0 amide bonds. The maximum atomic E-state index is 11.3. The molecule has 1 aromatic carbocycles. The van der Waals surface area contributed by atoms with Crippen molar-refractivity contribution in [1.82, 2.24) is 0 Å². The van der Waals surface area contributed by atoms with E-state index in [1.165, 1.54) is 12.1 Å². The van der Waals surface area contributed by atoms with E-state index in [1.54, 1.807) is 32.0 Å². The van der Waals surface area contributed by atoms with Crippen molar-refractivity contribution in [1.29, 1.82) is 0 Å². The van der Waals surface area contributed by atoms with Gasteiger partial charge in [0.05, 0.1) is 0 Å². The number of rotatable bonds is 4. The van der Waals surface area contributed by atoms with Crippen LogP contribution in [0.25, 0.3) is 0 Å². The second-order valence-corrected chi connectivity index (χ2v) is 3.94. The summed E-state index contributed by atoms with van der Waals surface area (Å²) in [6.07, 6.45) is 0. The van der Waals surface area contributed by atoms with Gasteiger partial charge in [-0.2, -0.15) is 0 Å². The zero-order valence-electron chi connectivity index (χ0n) is 9.18. The Balaban J connectivity index is 0.00000256. The molecule has 0 bridgehead atoms. The van der Waals surface area contributed by atoms with E-state index in [4.69, 9.17) is 0 Å². The molecule has 0 fully saturated rings. The van der Waals surface area contributed by atoms with Gasteiger partial charge in [0.25, 0.3) is 0 Å². The molecule has 0 unspecified atom stereocenters. The van der Waals surface area contributed by atoms with Gasteiger partial charge in [-0.1, -0.05) is 44.2 Å². The van der Waals surface area contributed by atoms with Gasteiger partial charge in [0, 0.05) is 0 Å². The predicted octanol–water partition coefficient (Wildman–Crippen LogP) is 1.10. The molecule has 0 aliphatic heterocycles. The molecule has 0 aliphatic rings. The van der Waals surface area contributed by atoms with Crippen LogP contribution < -0.4 is 0 Å². The van der Waals surface area contributed by atoms with E-state index in [2.05, 4.69) is 0 Å². The SMILES string of the molecule is CC(C)C(C(=O)O)(C(=O)O)c1ccccc1.[LiH]. The van der Waals surface area contributed by atoms with Crippen molar-refractivity contribution in [3.63, 3.8) is 0 Å². The second kappa shape index (κ2) is 5.90. The van der Waals surface area contributed by atoms with Gasteiger partial charge >= 0.3 is 30.8 Å². The summed E-state index contributed by atoms with van der Waals surface area (Å²) in [5.74, 6) is -3.20. The molecule has 0 spiro atoms. The number of carboxylic acid groups (broad SMARTS) is 2. The quantitative estimate of drug-likeness (QED) is 0.600. The Bertz CT molecular complexity index is 386. The van der Waals surface area contributed by atoms with Crippen molar-refractivity contribution in [2.45, 2.75) is 19.3 Å². The van der Waals surface area contributed by atoms with Crippen LogP contribution in [0.4, 0.5) is 0 Å². The molecule has 5 heteroatoms. The Morgan fingerprint density at radius 2 is 1.47 bits per heavy atom. The van der Waals surface area contributed by atoms with Crippen LogP contribution in [-0.4, -0.2) is 41.0 Å². The predicted molar refractivity (Wildman–Crippen MR) is 65.4 cm³/mol. The first kappa shape index (κ1) is 15.8. The summed E-state index contributed by atoms with van der Waals surface area (Å²) in [6, 6.07) is 8.06. The van der Waals surface area contributed by atoms with E-state index in [0.29, 0.717) is 5.56 Å². The zero-order chi connectivity index (χ0) is 12.3. The molecule has 0 radical (unpaired) electrons. The van der Waals surface area contributed by atoms with E-state index in [1.807, 2.05) is 0 Å². The van der Waals surface area contributed by atoms with Gasteiger partial charge in [-0.25, -0.2) is 0 Å². The average molecular weight is 230 g/mol. The van der Waals surface area contributed by atoms with Crippen molar-refractivity contribution in [3.8, 4) is 0 Å². The molecule has 88 valence electrons. The number of aliphatic carboxylic acids is 2. The minimum absolute atomic E-state index is 0. The summed E-state index contributed by atoms with van der Waals surface area (Å²) < 4.78 is 0. The van der Waals surface area contributed by atoms with E-state index in [9.17, 15) is 19.8 Å². The first-order valence-corrected chi connectivity index (χ1v) is 4.96. The van der Waals surface area contributed by atoms with E-state index in [-0.39, 0.29) is 18.9 Å². The molecule has 0 heterocycles. The second-order valence-electron chi connectivity index (χ2n) is 3.94. The average Bonchev–Trinajstić information content (AvgIpc) is 2.18. The van der Waals surface area contributed by atoms with E-state index < -0.39 is 23.3 Å². The number of hydrogen-bond acceptors (Lipinski definition) is 2. The van der Waals surface area contributed by atoms with Crippen LogP contribution in [0.5, 0.6) is 0 Å².